The van der Waals surface area contributed by atoms with E-state index in [0.717, 1.165) is 17.3 Å². The van der Waals surface area contributed by atoms with Crippen LogP contribution in [0, 0.1) is 5.92 Å². The number of carbonyl (C=O) groups is 2. The normalized spacial score (nSPS) is 24.1. The van der Waals surface area contributed by atoms with Crippen LogP contribution in [-0.4, -0.2) is 46.9 Å². The van der Waals surface area contributed by atoms with Crippen LogP contribution in [0.3, 0.4) is 0 Å². The molecule has 4 nitrogen and oxygen atoms in total. The Kier molecular flexibility index (Phi) is 5.55. The molecule has 2 amide bonds. The summed E-state index contributed by atoms with van der Waals surface area (Å²) in [5.74, 6) is 0.0148. The first-order valence-corrected chi connectivity index (χ1v) is 18.1. The van der Waals surface area contributed by atoms with Gasteiger partial charge in [0.2, 0.25) is 0 Å². The molecule has 0 bridgehead atoms. The van der Waals surface area contributed by atoms with Gasteiger partial charge in [0, 0.05) is 0 Å². The summed E-state index contributed by atoms with van der Waals surface area (Å²) in [6.45, 7) is 7.51. The minimum atomic E-state index is -2.04. The van der Waals surface area contributed by atoms with Crippen LogP contribution >= 0.6 is 0 Å². The Bertz CT molecular complexity index is 382. The van der Waals surface area contributed by atoms with Crippen molar-refractivity contribution in [3.63, 3.8) is 0 Å². The summed E-state index contributed by atoms with van der Waals surface area (Å²) in [5.41, 5.74) is -0.559. The van der Waals surface area contributed by atoms with E-state index in [1.165, 1.54) is 4.90 Å². The van der Waals surface area contributed by atoms with Gasteiger partial charge >= 0.3 is 127 Å². The average Bonchev–Trinajstić information content (AvgIpc) is 2.50. The van der Waals surface area contributed by atoms with Gasteiger partial charge in [-0.3, -0.25) is 0 Å². The minimum absolute atomic E-state index is 0.0102. The molecule has 20 heavy (non-hydrogen) atoms. The summed E-state index contributed by atoms with van der Waals surface area (Å²) >= 11 is -2.04. The molecule has 0 aromatic rings. The van der Waals surface area contributed by atoms with Gasteiger partial charge in [-0.1, -0.05) is 0 Å². The van der Waals surface area contributed by atoms with E-state index in [1.807, 2.05) is 27.7 Å². The van der Waals surface area contributed by atoms with Crippen molar-refractivity contribution in [1.29, 1.82) is 0 Å². The molecular formula is C15H29NO3Sn. The second-order valence-corrected chi connectivity index (χ2v) is 23.7. The van der Waals surface area contributed by atoms with Crippen LogP contribution in [0.15, 0.2) is 0 Å². The molecule has 0 aliphatic carbocycles. The molecule has 2 atom stereocenters. The second kappa shape index (κ2) is 6.24. The molecule has 1 heterocycles. The van der Waals surface area contributed by atoms with Gasteiger partial charge in [0.1, 0.15) is 0 Å². The van der Waals surface area contributed by atoms with Gasteiger partial charge < -0.3 is 0 Å². The summed E-state index contributed by atoms with van der Waals surface area (Å²) in [5, 5.41) is 0. The van der Waals surface area contributed by atoms with Crippen molar-refractivity contribution in [1.82, 2.24) is 4.90 Å². The Morgan fingerprint density at radius 2 is 1.90 bits per heavy atom. The number of imide groups is 1. The van der Waals surface area contributed by atoms with E-state index in [2.05, 4.69) is 14.8 Å². The average molecular weight is 390 g/mol. The van der Waals surface area contributed by atoms with Crippen LogP contribution in [0.1, 0.15) is 40.5 Å². The summed E-state index contributed by atoms with van der Waals surface area (Å²) < 4.78 is 6.40. The Labute approximate surface area is 127 Å². The molecule has 0 saturated carbocycles. The third kappa shape index (κ3) is 4.93. The summed E-state index contributed by atoms with van der Waals surface area (Å²) in [6.07, 6.45) is 1.14. The molecule has 0 spiro atoms. The van der Waals surface area contributed by atoms with E-state index < -0.39 is 30.1 Å². The third-order valence-electron chi connectivity index (χ3n) is 3.43. The van der Waals surface area contributed by atoms with E-state index in [-0.39, 0.29) is 17.9 Å². The fourth-order valence-electron chi connectivity index (χ4n) is 2.72. The maximum absolute atomic E-state index is 12.5. The molecule has 5 heteroatoms. The number of hydrogen-bond donors (Lipinski definition) is 0. The van der Waals surface area contributed by atoms with Crippen molar-refractivity contribution in [2.24, 2.45) is 5.92 Å². The van der Waals surface area contributed by atoms with Gasteiger partial charge in [0.25, 0.3) is 0 Å². The van der Waals surface area contributed by atoms with Gasteiger partial charge in [-0.25, -0.2) is 0 Å². The number of amides is 2. The second-order valence-electron chi connectivity index (χ2n) is 7.95. The van der Waals surface area contributed by atoms with Crippen LogP contribution in [0.25, 0.3) is 0 Å². The van der Waals surface area contributed by atoms with Crippen LogP contribution in [-0.2, 0) is 9.53 Å². The van der Waals surface area contributed by atoms with Crippen molar-refractivity contribution in [2.45, 2.75) is 71.4 Å². The SMILES string of the molecule is CC[C@H]1C[C@H]([CH2][Sn]([CH3])([CH3])[CH3])C(=O)N1C(=O)OC(C)(C)C. The zero-order valence-corrected chi connectivity index (χ0v) is 16.8. The predicted octanol–water partition coefficient (Wildman–Crippen LogP) is 3.89. The molecule has 116 valence electrons. The van der Waals surface area contributed by atoms with Gasteiger partial charge in [-0.2, -0.15) is 0 Å². The molecule has 1 rings (SSSR count). The zero-order valence-electron chi connectivity index (χ0n) is 13.9. The first-order chi connectivity index (χ1) is 8.94. The van der Waals surface area contributed by atoms with Crippen molar-refractivity contribution in [3.05, 3.63) is 0 Å². The summed E-state index contributed by atoms with van der Waals surface area (Å²) in [6, 6.07) is 0.0102. The van der Waals surface area contributed by atoms with Crippen molar-refractivity contribution in [2.75, 3.05) is 0 Å². The number of likely N-dealkylation sites (tertiary alicyclic amines) is 1. The van der Waals surface area contributed by atoms with Gasteiger partial charge in [0.05, 0.1) is 0 Å². The first kappa shape index (κ1) is 17.8. The maximum atomic E-state index is 12.5. The summed E-state index contributed by atoms with van der Waals surface area (Å²) in [4.78, 5) is 33.2. The Hall–Kier alpha value is -0.261. The molecule has 0 unspecified atom stereocenters. The van der Waals surface area contributed by atoms with Crippen LogP contribution in [0.4, 0.5) is 4.79 Å². The monoisotopic (exact) mass is 391 g/mol. The van der Waals surface area contributed by atoms with Crippen LogP contribution in [0.2, 0.25) is 19.3 Å². The Balaban J connectivity index is 2.85. The van der Waals surface area contributed by atoms with E-state index in [1.54, 1.807) is 0 Å². The quantitative estimate of drug-likeness (QED) is 0.688. The predicted molar refractivity (Wildman–Crippen MR) is 83.4 cm³/mol. The van der Waals surface area contributed by atoms with Gasteiger partial charge in [0.15, 0.2) is 0 Å². The third-order valence-corrected chi connectivity index (χ3v) is 8.33. The molecule has 0 radical (unpaired) electrons. The molecule has 1 aliphatic rings. The Morgan fingerprint density at radius 3 is 2.30 bits per heavy atom. The fraction of sp³-hybridized carbons (Fsp3) is 0.867. The van der Waals surface area contributed by atoms with Crippen molar-refractivity contribution < 1.29 is 14.3 Å². The van der Waals surface area contributed by atoms with Gasteiger partial charge in [-0.15, -0.1) is 0 Å². The molecule has 1 saturated heterocycles. The number of rotatable bonds is 3. The number of carbonyl (C=O) groups excluding carboxylic acids is 2. The Morgan fingerprint density at radius 1 is 1.35 bits per heavy atom. The van der Waals surface area contributed by atoms with E-state index >= 15 is 0 Å². The molecule has 0 aromatic carbocycles. The van der Waals surface area contributed by atoms with Crippen LogP contribution < -0.4 is 0 Å². The van der Waals surface area contributed by atoms with Crippen molar-refractivity contribution in [3.8, 4) is 0 Å². The van der Waals surface area contributed by atoms with E-state index in [4.69, 9.17) is 4.74 Å². The standard InChI is InChI=1S/C12H20NO3.3CH3.Sn/c1-6-9-7-8(2)10(14)13(9)11(15)16-12(3,4)5;;;;/h8-9H,2,6-7H2,1,3-5H3;3*1H3;/t8-,9-;;;;/m0..../s1. The molecule has 1 fully saturated rings. The fourth-order valence-corrected chi connectivity index (χ4v) is 7.91. The van der Waals surface area contributed by atoms with Crippen LogP contribution in [0.5, 0.6) is 0 Å². The number of ether oxygens (including phenoxy) is 1. The van der Waals surface area contributed by atoms with E-state index in [9.17, 15) is 9.59 Å². The molecule has 0 N–H and O–H groups in total. The topological polar surface area (TPSA) is 46.6 Å². The summed E-state index contributed by atoms with van der Waals surface area (Å²) in [7, 11) is 0. The number of hydrogen-bond acceptors (Lipinski definition) is 3. The zero-order chi connectivity index (χ0) is 15.7. The van der Waals surface area contributed by atoms with Crippen molar-refractivity contribution >= 4 is 30.4 Å². The van der Waals surface area contributed by atoms with E-state index in [0.29, 0.717) is 0 Å². The molecular weight excluding hydrogens is 361 g/mol. The van der Waals surface area contributed by atoms with Gasteiger partial charge in [-0.05, 0) is 0 Å². The first-order valence-electron chi connectivity index (χ1n) is 7.50. The molecule has 0 aromatic heterocycles. The molecule has 1 aliphatic heterocycles. The number of nitrogens with zero attached hydrogens (tertiary/aromatic N) is 1.